The molecule has 1 atom stereocenters. The van der Waals surface area contributed by atoms with Crippen molar-refractivity contribution in [2.24, 2.45) is 5.92 Å². The van der Waals surface area contributed by atoms with Crippen LogP contribution in [0.5, 0.6) is 0 Å². The number of hydrogen-bond donors (Lipinski definition) is 2. The topological polar surface area (TPSA) is 50.4 Å². The van der Waals surface area contributed by atoms with Gasteiger partial charge in [0.25, 0.3) is 0 Å². The van der Waals surface area contributed by atoms with Gasteiger partial charge < -0.3 is 15.4 Å². The smallest absolute Gasteiger partial charge is 0.237 e. The molecule has 1 amide bonds. The van der Waals surface area contributed by atoms with Crippen molar-refractivity contribution < 1.29 is 9.53 Å². The molecule has 0 saturated carbocycles. The highest BCUT2D eigenvalue weighted by atomic mass is 16.5. The van der Waals surface area contributed by atoms with Crippen molar-refractivity contribution in [1.29, 1.82) is 0 Å². The summed E-state index contributed by atoms with van der Waals surface area (Å²) < 4.78 is 5.45. The highest BCUT2D eigenvalue weighted by molar-refractivity contribution is 5.81. The van der Waals surface area contributed by atoms with E-state index in [1.807, 2.05) is 0 Å². The molecule has 17 heavy (non-hydrogen) atoms. The molecule has 1 saturated heterocycles. The van der Waals surface area contributed by atoms with Crippen molar-refractivity contribution in [2.75, 3.05) is 26.3 Å². The number of carbonyl (C=O) groups is 1. The van der Waals surface area contributed by atoms with Gasteiger partial charge in [-0.2, -0.15) is 0 Å². The van der Waals surface area contributed by atoms with Gasteiger partial charge in [-0.15, -0.1) is 0 Å². The van der Waals surface area contributed by atoms with Crippen LogP contribution in [0.15, 0.2) is 0 Å². The molecule has 0 radical (unpaired) electrons. The van der Waals surface area contributed by atoms with Crippen LogP contribution in [0.2, 0.25) is 0 Å². The lowest BCUT2D eigenvalue weighted by molar-refractivity contribution is -0.123. The summed E-state index contributed by atoms with van der Waals surface area (Å²) in [5.41, 5.74) is 0. The lowest BCUT2D eigenvalue weighted by Crippen LogP contribution is -2.47. The maximum atomic E-state index is 11.7. The van der Waals surface area contributed by atoms with E-state index in [9.17, 15) is 4.79 Å². The summed E-state index contributed by atoms with van der Waals surface area (Å²) in [5, 5.41) is 6.15. The van der Waals surface area contributed by atoms with E-state index in [1.165, 1.54) is 6.42 Å². The standard InChI is InChI=1S/C13H26N2O2/c1-11(2)6-9-17-10-8-15-13(16)12-5-3-4-7-14-12/h11-12,14H,3-10H2,1-2H3,(H,15,16)/t12-/m0/s1. The van der Waals surface area contributed by atoms with Crippen LogP contribution >= 0.6 is 0 Å². The second kappa shape index (κ2) is 8.48. The Balaban J connectivity index is 1.96. The molecule has 0 aromatic heterocycles. The second-order valence-electron chi connectivity index (χ2n) is 5.09. The first-order valence-electron chi connectivity index (χ1n) is 6.79. The molecule has 0 aliphatic carbocycles. The maximum Gasteiger partial charge on any atom is 0.237 e. The quantitative estimate of drug-likeness (QED) is 0.662. The van der Waals surface area contributed by atoms with Gasteiger partial charge >= 0.3 is 0 Å². The van der Waals surface area contributed by atoms with E-state index < -0.39 is 0 Å². The van der Waals surface area contributed by atoms with E-state index in [1.54, 1.807) is 0 Å². The van der Waals surface area contributed by atoms with Crippen LogP contribution in [-0.4, -0.2) is 38.3 Å². The van der Waals surface area contributed by atoms with E-state index >= 15 is 0 Å². The Morgan fingerprint density at radius 1 is 1.41 bits per heavy atom. The molecule has 1 aliphatic heterocycles. The second-order valence-corrected chi connectivity index (χ2v) is 5.09. The van der Waals surface area contributed by atoms with Crippen LogP contribution < -0.4 is 10.6 Å². The third-order valence-electron chi connectivity index (χ3n) is 3.01. The van der Waals surface area contributed by atoms with Crippen molar-refractivity contribution in [1.82, 2.24) is 10.6 Å². The summed E-state index contributed by atoms with van der Waals surface area (Å²) in [6.07, 6.45) is 4.37. The van der Waals surface area contributed by atoms with E-state index in [4.69, 9.17) is 4.74 Å². The molecule has 4 nitrogen and oxygen atoms in total. The number of amides is 1. The van der Waals surface area contributed by atoms with E-state index in [2.05, 4.69) is 24.5 Å². The number of hydrogen-bond acceptors (Lipinski definition) is 3. The van der Waals surface area contributed by atoms with Crippen molar-refractivity contribution >= 4 is 5.91 Å². The molecule has 0 unspecified atom stereocenters. The highest BCUT2D eigenvalue weighted by Crippen LogP contribution is 2.06. The van der Waals surface area contributed by atoms with Crippen LogP contribution in [0.3, 0.4) is 0 Å². The molecule has 0 aromatic rings. The number of nitrogens with one attached hydrogen (secondary N) is 2. The average Bonchev–Trinajstić information content (AvgIpc) is 2.34. The lowest BCUT2D eigenvalue weighted by Gasteiger charge is -2.22. The third kappa shape index (κ3) is 6.64. The fourth-order valence-corrected chi connectivity index (χ4v) is 1.87. The molecule has 0 bridgehead atoms. The Morgan fingerprint density at radius 2 is 2.24 bits per heavy atom. The predicted octanol–water partition coefficient (Wildman–Crippen LogP) is 1.31. The van der Waals surface area contributed by atoms with Gasteiger partial charge in [-0.3, -0.25) is 4.79 Å². The Bertz CT molecular complexity index is 213. The summed E-state index contributed by atoms with van der Waals surface area (Å²) in [5.74, 6) is 0.799. The Kier molecular flexibility index (Phi) is 7.21. The predicted molar refractivity (Wildman–Crippen MR) is 68.9 cm³/mol. The number of rotatable bonds is 7. The largest absolute Gasteiger partial charge is 0.380 e. The molecular weight excluding hydrogens is 216 g/mol. The van der Waals surface area contributed by atoms with E-state index in [-0.39, 0.29) is 11.9 Å². The summed E-state index contributed by atoms with van der Waals surface area (Å²) in [6, 6.07) is 0.0133. The molecule has 0 spiro atoms. The lowest BCUT2D eigenvalue weighted by atomic mass is 10.0. The van der Waals surface area contributed by atoms with Crippen LogP contribution in [0.4, 0.5) is 0 Å². The average molecular weight is 242 g/mol. The molecule has 1 rings (SSSR count). The maximum absolute atomic E-state index is 11.7. The molecule has 1 aliphatic rings. The highest BCUT2D eigenvalue weighted by Gasteiger charge is 2.19. The summed E-state index contributed by atoms with van der Waals surface area (Å²) in [7, 11) is 0. The first-order valence-corrected chi connectivity index (χ1v) is 6.79. The van der Waals surface area contributed by atoms with Gasteiger partial charge in [0.05, 0.1) is 12.6 Å². The van der Waals surface area contributed by atoms with Crippen molar-refractivity contribution in [3.8, 4) is 0 Å². The Morgan fingerprint density at radius 3 is 2.88 bits per heavy atom. The fourth-order valence-electron chi connectivity index (χ4n) is 1.87. The zero-order valence-electron chi connectivity index (χ0n) is 11.1. The number of piperidine rings is 1. The van der Waals surface area contributed by atoms with Crippen molar-refractivity contribution in [3.05, 3.63) is 0 Å². The SMILES string of the molecule is CC(C)CCOCCNC(=O)[C@@H]1CCCCN1. The summed E-state index contributed by atoms with van der Waals surface area (Å²) in [6.45, 7) is 7.35. The normalized spacial score (nSPS) is 20.5. The van der Waals surface area contributed by atoms with Gasteiger partial charge in [-0.05, 0) is 31.7 Å². The zero-order valence-corrected chi connectivity index (χ0v) is 11.1. The van der Waals surface area contributed by atoms with Crippen LogP contribution in [-0.2, 0) is 9.53 Å². The number of carbonyl (C=O) groups excluding carboxylic acids is 1. The van der Waals surface area contributed by atoms with Crippen LogP contribution in [0, 0.1) is 5.92 Å². The van der Waals surface area contributed by atoms with Gasteiger partial charge in [0.15, 0.2) is 0 Å². The van der Waals surface area contributed by atoms with Gasteiger partial charge in [0.1, 0.15) is 0 Å². The van der Waals surface area contributed by atoms with Gasteiger partial charge in [0, 0.05) is 13.2 Å². The monoisotopic (exact) mass is 242 g/mol. The van der Waals surface area contributed by atoms with Gasteiger partial charge in [0.2, 0.25) is 5.91 Å². The molecule has 1 fully saturated rings. The Hall–Kier alpha value is -0.610. The summed E-state index contributed by atoms with van der Waals surface area (Å²) in [4.78, 5) is 11.7. The molecule has 1 heterocycles. The molecular formula is C13H26N2O2. The molecule has 4 heteroatoms. The third-order valence-corrected chi connectivity index (χ3v) is 3.01. The minimum absolute atomic E-state index is 0.0133. The minimum atomic E-state index is 0.0133. The molecule has 0 aromatic carbocycles. The van der Waals surface area contributed by atoms with Gasteiger partial charge in [-0.1, -0.05) is 20.3 Å². The van der Waals surface area contributed by atoms with Crippen molar-refractivity contribution in [3.63, 3.8) is 0 Å². The molecule has 2 N–H and O–H groups in total. The van der Waals surface area contributed by atoms with Crippen LogP contribution in [0.1, 0.15) is 39.5 Å². The zero-order chi connectivity index (χ0) is 12.5. The minimum Gasteiger partial charge on any atom is -0.380 e. The van der Waals surface area contributed by atoms with Crippen molar-refractivity contribution in [2.45, 2.75) is 45.6 Å². The molecule has 100 valence electrons. The Labute approximate surface area is 104 Å². The van der Waals surface area contributed by atoms with Gasteiger partial charge in [-0.25, -0.2) is 0 Å². The fraction of sp³-hybridized carbons (Fsp3) is 0.923. The first-order chi connectivity index (χ1) is 8.20. The number of ether oxygens (including phenoxy) is 1. The van der Waals surface area contributed by atoms with E-state index in [0.717, 1.165) is 32.4 Å². The summed E-state index contributed by atoms with van der Waals surface area (Å²) >= 11 is 0. The van der Waals surface area contributed by atoms with Crippen LogP contribution in [0.25, 0.3) is 0 Å². The first kappa shape index (κ1) is 14.5. The van der Waals surface area contributed by atoms with E-state index in [0.29, 0.717) is 19.1 Å².